The van der Waals surface area contributed by atoms with Gasteiger partial charge < -0.3 is 4.90 Å². The molecule has 16 heavy (non-hydrogen) atoms. The van der Waals surface area contributed by atoms with Gasteiger partial charge in [0.1, 0.15) is 0 Å². The molecule has 0 spiro atoms. The maximum Gasteiger partial charge on any atom is 0.225 e. The van der Waals surface area contributed by atoms with E-state index in [-0.39, 0.29) is 11.8 Å². The summed E-state index contributed by atoms with van der Waals surface area (Å²) in [6, 6.07) is 2.10. The summed E-state index contributed by atoms with van der Waals surface area (Å²) in [6.07, 6.45) is 4.47. The van der Waals surface area contributed by atoms with Gasteiger partial charge in [-0.15, -0.1) is 0 Å². The fourth-order valence-corrected chi connectivity index (χ4v) is 1.96. The highest BCUT2D eigenvalue weighted by molar-refractivity contribution is 5.78. The molecule has 0 fully saturated rings. The van der Waals surface area contributed by atoms with E-state index in [9.17, 15) is 4.79 Å². The van der Waals surface area contributed by atoms with Crippen molar-refractivity contribution in [3.05, 3.63) is 0 Å². The summed E-state index contributed by atoms with van der Waals surface area (Å²) >= 11 is 0. The second-order valence-electron chi connectivity index (χ2n) is 4.10. The SMILES string of the molecule is CCCC(CCC)C(=O)N(CC)CCC#N. The van der Waals surface area contributed by atoms with Crippen molar-refractivity contribution in [1.82, 2.24) is 4.90 Å². The van der Waals surface area contributed by atoms with Crippen LogP contribution in [0.5, 0.6) is 0 Å². The second-order valence-corrected chi connectivity index (χ2v) is 4.10. The van der Waals surface area contributed by atoms with Gasteiger partial charge in [-0.2, -0.15) is 5.26 Å². The fourth-order valence-electron chi connectivity index (χ4n) is 1.96. The van der Waals surface area contributed by atoms with E-state index in [2.05, 4.69) is 19.9 Å². The molecule has 3 heteroatoms. The standard InChI is InChI=1S/C13H24N2O/c1-4-8-12(9-5-2)13(16)15(6-3)11-7-10-14/h12H,4-9,11H2,1-3H3. The largest absolute Gasteiger partial charge is 0.342 e. The molecule has 0 aromatic rings. The Balaban J connectivity index is 4.36. The minimum absolute atomic E-state index is 0.161. The van der Waals surface area contributed by atoms with Crippen molar-refractivity contribution >= 4 is 5.91 Å². The Hall–Kier alpha value is -1.04. The lowest BCUT2D eigenvalue weighted by atomic mass is 9.96. The van der Waals surface area contributed by atoms with Crippen molar-refractivity contribution < 1.29 is 4.79 Å². The first-order valence-electron chi connectivity index (χ1n) is 6.36. The topological polar surface area (TPSA) is 44.1 Å². The zero-order valence-electron chi connectivity index (χ0n) is 10.8. The van der Waals surface area contributed by atoms with Gasteiger partial charge in [0.05, 0.1) is 12.5 Å². The van der Waals surface area contributed by atoms with Gasteiger partial charge in [0.2, 0.25) is 5.91 Å². The van der Waals surface area contributed by atoms with Crippen molar-refractivity contribution in [1.29, 1.82) is 5.26 Å². The van der Waals surface area contributed by atoms with Gasteiger partial charge in [-0.3, -0.25) is 4.79 Å². The molecule has 0 aromatic heterocycles. The highest BCUT2D eigenvalue weighted by atomic mass is 16.2. The number of carbonyl (C=O) groups excluding carboxylic acids is 1. The number of nitrogens with zero attached hydrogens (tertiary/aromatic N) is 2. The predicted molar refractivity (Wildman–Crippen MR) is 65.8 cm³/mol. The summed E-state index contributed by atoms with van der Waals surface area (Å²) in [4.78, 5) is 14.0. The van der Waals surface area contributed by atoms with Crippen molar-refractivity contribution in [3.63, 3.8) is 0 Å². The van der Waals surface area contributed by atoms with Gasteiger partial charge in [0.25, 0.3) is 0 Å². The van der Waals surface area contributed by atoms with E-state index in [1.165, 1.54) is 0 Å². The maximum absolute atomic E-state index is 12.2. The average molecular weight is 224 g/mol. The molecule has 3 nitrogen and oxygen atoms in total. The smallest absolute Gasteiger partial charge is 0.225 e. The van der Waals surface area contributed by atoms with Gasteiger partial charge in [0, 0.05) is 19.0 Å². The zero-order valence-corrected chi connectivity index (χ0v) is 10.8. The Bertz CT molecular complexity index is 227. The molecule has 92 valence electrons. The van der Waals surface area contributed by atoms with Crippen LogP contribution in [0.1, 0.15) is 52.9 Å². The van der Waals surface area contributed by atoms with E-state index < -0.39 is 0 Å². The molecule has 1 amide bonds. The van der Waals surface area contributed by atoms with Crippen LogP contribution >= 0.6 is 0 Å². The lowest BCUT2D eigenvalue weighted by Gasteiger charge is -2.25. The molecule has 0 aliphatic rings. The Morgan fingerprint density at radius 2 is 1.81 bits per heavy atom. The Morgan fingerprint density at radius 1 is 1.25 bits per heavy atom. The number of carbonyl (C=O) groups is 1. The van der Waals surface area contributed by atoms with E-state index in [1.54, 1.807) is 0 Å². The van der Waals surface area contributed by atoms with Gasteiger partial charge in [-0.25, -0.2) is 0 Å². The highest BCUT2D eigenvalue weighted by Gasteiger charge is 2.21. The molecule has 0 bridgehead atoms. The monoisotopic (exact) mass is 224 g/mol. The van der Waals surface area contributed by atoms with Gasteiger partial charge >= 0.3 is 0 Å². The molecule has 0 atom stereocenters. The minimum atomic E-state index is 0.161. The quantitative estimate of drug-likeness (QED) is 0.636. The molecule has 0 aliphatic heterocycles. The molecule has 0 unspecified atom stereocenters. The van der Waals surface area contributed by atoms with Crippen LogP contribution in [0.25, 0.3) is 0 Å². The summed E-state index contributed by atoms with van der Waals surface area (Å²) in [5.41, 5.74) is 0. The van der Waals surface area contributed by atoms with Crippen LogP contribution in [0.2, 0.25) is 0 Å². The third kappa shape index (κ3) is 5.16. The van der Waals surface area contributed by atoms with E-state index >= 15 is 0 Å². The number of rotatable bonds is 8. The van der Waals surface area contributed by atoms with Crippen LogP contribution < -0.4 is 0 Å². The summed E-state index contributed by atoms with van der Waals surface area (Å²) in [6.45, 7) is 7.49. The maximum atomic E-state index is 12.2. The lowest BCUT2D eigenvalue weighted by Crippen LogP contribution is -2.36. The van der Waals surface area contributed by atoms with E-state index in [1.807, 2.05) is 11.8 Å². The van der Waals surface area contributed by atoms with Crippen molar-refractivity contribution in [2.45, 2.75) is 52.9 Å². The lowest BCUT2D eigenvalue weighted by molar-refractivity contribution is -0.135. The third-order valence-corrected chi connectivity index (χ3v) is 2.81. The van der Waals surface area contributed by atoms with E-state index in [4.69, 9.17) is 5.26 Å². The number of hydrogen-bond donors (Lipinski definition) is 0. The number of hydrogen-bond acceptors (Lipinski definition) is 2. The molecule has 0 saturated heterocycles. The predicted octanol–water partition coefficient (Wildman–Crippen LogP) is 2.96. The Kier molecular flexibility index (Phi) is 8.61. The minimum Gasteiger partial charge on any atom is -0.342 e. The van der Waals surface area contributed by atoms with Gasteiger partial charge in [0.15, 0.2) is 0 Å². The van der Waals surface area contributed by atoms with Crippen LogP contribution in [-0.2, 0) is 4.79 Å². The van der Waals surface area contributed by atoms with Crippen LogP contribution in [-0.4, -0.2) is 23.9 Å². The third-order valence-electron chi connectivity index (χ3n) is 2.81. The Morgan fingerprint density at radius 3 is 2.19 bits per heavy atom. The molecule has 0 rings (SSSR count). The normalized spacial score (nSPS) is 10.2. The molecule has 0 heterocycles. The summed E-state index contributed by atoms with van der Waals surface area (Å²) < 4.78 is 0. The molecule has 0 radical (unpaired) electrons. The molecule has 0 saturated carbocycles. The van der Waals surface area contributed by atoms with Crippen LogP contribution in [0, 0.1) is 17.2 Å². The first-order chi connectivity index (χ1) is 7.71. The van der Waals surface area contributed by atoms with Crippen molar-refractivity contribution in [2.24, 2.45) is 5.92 Å². The van der Waals surface area contributed by atoms with Crippen molar-refractivity contribution in [3.8, 4) is 6.07 Å². The summed E-state index contributed by atoms with van der Waals surface area (Å²) in [7, 11) is 0. The molecular weight excluding hydrogens is 200 g/mol. The zero-order chi connectivity index (χ0) is 12.4. The summed E-state index contributed by atoms with van der Waals surface area (Å²) in [5.74, 6) is 0.398. The number of nitriles is 1. The average Bonchev–Trinajstić information content (AvgIpc) is 2.29. The van der Waals surface area contributed by atoms with E-state index in [0.717, 1.165) is 25.7 Å². The first kappa shape index (κ1) is 15.0. The van der Waals surface area contributed by atoms with E-state index in [0.29, 0.717) is 19.5 Å². The molecular formula is C13H24N2O. The fraction of sp³-hybridized carbons (Fsp3) is 0.846. The van der Waals surface area contributed by atoms with Crippen LogP contribution in [0.4, 0.5) is 0 Å². The highest BCUT2D eigenvalue weighted by Crippen LogP contribution is 2.16. The van der Waals surface area contributed by atoms with Gasteiger partial charge in [-0.05, 0) is 19.8 Å². The summed E-state index contributed by atoms with van der Waals surface area (Å²) in [5, 5.41) is 8.55. The first-order valence-corrected chi connectivity index (χ1v) is 6.36. The Labute approximate surface area is 99.4 Å². The second kappa shape index (κ2) is 9.21. The van der Waals surface area contributed by atoms with Gasteiger partial charge in [-0.1, -0.05) is 26.7 Å². The molecule has 0 aromatic carbocycles. The molecule has 0 aliphatic carbocycles. The van der Waals surface area contributed by atoms with Crippen LogP contribution in [0.3, 0.4) is 0 Å². The van der Waals surface area contributed by atoms with Crippen molar-refractivity contribution in [2.75, 3.05) is 13.1 Å². The molecule has 0 N–H and O–H groups in total. The van der Waals surface area contributed by atoms with Crippen LogP contribution in [0.15, 0.2) is 0 Å². The number of amides is 1.